The summed E-state index contributed by atoms with van der Waals surface area (Å²) in [6.45, 7) is 4.59. The molecule has 0 saturated carbocycles. The quantitative estimate of drug-likeness (QED) is 0.535. The van der Waals surface area contributed by atoms with Crippen LogP contribution in [0.2, 0.25) is 0 Å². The first-order valence-electron chi connectivity index (χ1n) is 6.13. The van der Waals surface area contributed by atoms with Gasteiger partial charge in [-0.1, -0.05) is 6.07 Å². The molecule has 1 aromatic rings. The minimum absolute atomic E-state index is 0.00300. The van der Waals surface area contributed by atoms with Gasteiger partial charge in [-0.3, -0.25) is 0 Å². The number of nitrogens with two attached hydrogens (primary N) is 3. The van der Waals surface area contributed by atoms with E-state index >= 15 is 0 Å². The molecule has 0 fully saturated rings. The first-order valence-corrected chi connectivity index (χ1v) is 6.13. The lowest BCUT2D eigenvalue weighted by molar-refractivity contribution is 0.279. The Morgan fingerprint density at radius 2 is 2.05 bits per heavy atom. The molecule has 1 heterocycles. The molecular weight excluding hydrogens is 256 g/mol. The first-order chi connectivity index (χ1) is 9.35. The van der Waals surface area contributed by atoms with Crippen molar-refractivity contribution in [3.63, 3.8) is 0 Å². The fraction of sp³-hybridized carbons (Fsp3) is 0.308. The predicted molar refractivity (Wildman–Crippen MR) is 80.1 cm³/mol. The van der Waals surface area contributed by atoms with Crippen LogP contribution in [-0.4, -0.2) is 30.0 Å². The Morgan fingerprint density at radius 3 is 2.65 bits per heavy atom. The molecule has 0 atom stereocenters. The Bertz CT molecular complexity index is 599. The molecule has 0 amide bonds. The Hall–Kier alpha value is -2.57. The summed E-state index contributed by atoms with van der Waals surface area (Å²) < 4.78 is 5.58. The van der Waals surface area contributed by atoms with Crippen LogP contribution in [0.1, 0.15) is 19.4 Å². The van der Waals surface area contributed by atoms with Gasteiger partial charge in [0, 0.05) is 5.56 Å². The van der Waals surface area contributed by atoms with Crippen LogP contribution in [0.4, 0.5) is 5.69 Å². The van der Waals surface area contributed by atoms with Crippen molar-refractivity contribution in [3.8, 4) is 0 Å². The van der Waals surface area contributed by atoms with Crippen LogP contribution in [0.5, 0.6) is 0 Å². The normalized spacial score (nSPS) is 17.3. The zero-order chi connectivity index (χ0) is 14.8. The maximum absolute atomic E-state index is 5.59. The summed E-state index contributed by atoms with van der Waals surface area (Å²) >= 11 is 0. The van der Waals surface area contributed by atoms with E-state index in [1.807, 2.05) is 32.0 Å². The number of rotatable bonds is 2. The maximum Gasteiger partial charge on any atom is 0.223 e. The highest BCUT2D eigenvalue weighted by Gasteiger charge is 2.26. The Labute approximate surface area is 117 Å². The highest BCUT2D eigenvalue weighted by atomic mass is 16.5. The van der Waals surface area contributed by atoms with Crippen molar-refractivity contribution >= 4 is 23.5 Å². The van der Waals surface area contributed by atoms with Gasteiger partial charge in [-0.15, -0.1) is 0 Å². The number of guanidine groups is 2. The highest BCUT2D eigenvalue weighted by molar-refractivity contribution is 5.97. The molecule has 7 nitrogen and oxygen atoms in total. The van der Waals surface area contributed by atoms with Gasteiger partial charge in [-0.2, -0.15) is 4.99 Å². The lowest BCUT2D eigenvalue weighted by Gasteiger charge is -2.07. The van der Waals surface area contributed by atoms with Crippen LogP contribution >= 0.6 is 0 Å². The SMILES string of the molecule is CC1(C)COC(c2cccc(N=C(N)N=C(N)N)c2)=N1. The van der Waals surface area contributed by atoms with E-state index in [0.717, 1.165) is 5.56 Å². The second-order valence-electron chi connectivity index (χ2n) is 5.08. The summed E-state index contributed by atoms with van der Waals surface area (Å²) in [5, 5.41) is 0. The molecule has 2 rings (SSSR count). The van der Waals surface area contributed by atoms with Gasteiger partial charge in [0.2, 0.25) is 11.9 Å². The second kappa shape index (κ2) is 5.20. The van der Waals surface area contributed by atoms with Gasteiger partial charge < -0.3 is 21.9 Å². The number of hydrogen-bond donors (Lipinski definition) is 3. The molecule has 0 bridgehead atoms. The standard InChI is InChI=1S/C13H18N6O/c1-13(2)7-20-10(19-13)8-4-3-5-9(6-8)17-12(16)18-11(14)15/h3-6H,7H2,1-2H3,(H6,14,15,16,17,18). The number of aliphatic imine (C=N–C) groups is 3. The summed E-state index contributed by atoms with van der Waals surface area (Å²) in [5.74, 6) is 0.469. The molecule has 0 spiro atoms. The topological polar surface area (TPSA) is 124 Å². The van der Waals surface area contributed by atoms with Crippen LogP contribution in [0.15, 0.2) is 39.2 Å². The van der Waals surface area contributed by atoms with Crippen molar-refractivity contribution in [2.24, 2.45) is 32.2 Å². The first kappa shape index (κ1) is 13.9. The minimum atomic E-state index is -0.202. The zero-order valence-corrected chi connectivity index (χ0v) is 11.5. The third-order valence-electron chi connectivity index (χ3n) is 2.55. The van der Waals surface area contributed by atoms with Crippen molar-refractivity contribution in [3.05, 3.63) is 29.8 Å². The number of ether oxygens (including phenoxy) is 1. The molecule has 0 aliphatic carbocycles. The second-order valence-corrected chi connectivity index (χ2v) is 5.08. The predicted octanol–water partition coefficient (Wildman–Crippen LogP) is 0.462. The third kappa shape index (κ3) is 3.47. The van der Waals surface area contributed by atoms with Crippen LogP contribution in [0.3, 0.4) is 0 Å². The average molecular weight is 274 g/mol. The lowest BCUT2D eigenvalue weighted by atomic mass is 10.1. The zero-order valence-electron chi connectivity index (χ0n) is 11.5. The van der Waals surface area contributed by atoms with E-state index in [0.29, 0.717) is 18.2 Å². The van der Waals surface area contributed by atoms with Gasteiger partial charge in [0.25, 0.3) is 0 Å². The highest BCUT2D eigenvalue weighted by Crippen LogP contribution is 2.23. The minimum Gasteiger partial charge on any atom is -0.475 e. The molecule has 1 aliphatic rings. The van der Waals surface area contributed by atoms with Crippen molar-refractivity contribution in [1.29, 1.82) is 0 Å². The van der Waals surface area contributed by atoms with E-state index in [9.17, 15) is 0 Å². The van der Waals surface area contributed by atoms with Gasteiger partial charge in [0.15, 0.2) is 5.96 Å². The van der Waals surface area contributed by atoms with Gasteiger partial charge >= 0.3 is 0 Å². The summed E-state index contributed by atoms with van der Waals surface area (Å²) in [4.78, 5) is 12.3. The Balaban J connectivity index is 2.28. The van der Waals surface area contributed by atoms with Crippen LogP contribution in [0.25, 0.3) is 0 Å². The van der Waals surface area contributed by atoms with Gasteiger partial charge in [-0.25, -0.2) is 9.98 Å². The summed E-state index contributed by atoms with van der Waals surface area (Å²) in [7, 11) is 0. The monoisotopic (exact) mass is 274 g/mol. The molecule has 20 heavy (non-hydrogen) atoms. The van der Waals surface area contributed by atoms with E-state index in [1.54, 1.807) is 6.07 Å². The molecule has 1 aliphatic heterocycles. The van der Waals surface area contributed by atoms with E-state index < -0.39 is 0 Å². The van der Waals surface area contributed by atoms with E-state index in [-0.39, 0.29) is 17.5 Å². The van der Waals surface area contributed by atoms with Gasteiger partial charge in [-0.05, 0) is 32.0 Å². The van der Waals surface area contributed by atoms with Crippen LogP contribution in [-0.2, 0) is 4.74 Å². The van der Waals surface area contributed by atoms with E-state index in [2.05, 4.69) is 15.0 Å². The lowest BCUT2D eigenvalue weighted by Crippen LogP contribution is -2.26. The molecule has 6 N–H and O–H groups in total. The fourth-order valence-electron chi connectivity index (χ4n) is 1.73. The molecule has 0 aromatic heterocycles. The Morgan fingerprint density at radius 1 is 1.30 bits per heavy atom. The van der Waals surface area contributed by atoms with Gasteiger partial charge in [0.1, 0.15) is 6.61 Å². The Kier molecular flexibility index (Phi) is 3.60. The molecular formula is C13H18N6O. The van der Waals surface area contributed by atoms with Crippen molar-refractivity contribution in [2.45, 2.75) is 19.4 Å². The largest absolute Gasteiger partial charge is 0.475 e. The van der Waals surface area contributed by atoms with Gasteiger partial charge in [0.05, 0.1) is 11.2 Å². The molecule has 106 valence electrons. The van der Waals surface area contributed by atoms with Crippen LogP contribution < -0.4 is 17.2 Å². The maximum atomic E-state index is 5.59. The molecule has 1 aromatic carbocycles. The summed E-state index contributed by atoms with van der Waals surface area (Å²) in [5.41, 5.74) is 17.3. The molecule has 7 heteroatoms. The van der Waals surface area contributed by atoms with Crippen LogP contribution in [0, 0.1) is 0 Å². The van der Waals surface area contributed by atoms with Crippen molar-refractivity contribution in [1.82, 2.24) is 0 Å². The molecule has 0 saturated heterocycles. The molecule has 0 radical (unpaired) electrons. The van der Waals surface area contributed by atoms with Crippen molar-refractivity contribution in [2.75, 3.05) is 6.61 Å². The van der Waals surface area contributed by atoms with E-state index in [1.165, 1.54) is 0 Å². The smallest absolute Gasteiger partial charge is 0.223 e. The van der Waals surface area contributed by atoms with E-state index in [4.69, 9.17) is 21.9 Å². The average Bonchev–Trinajstić information content (AvgIpc) is 2.69. The van der Waals surface area contributed by atoms with Crippen molar-refractivity contribution < 1.29 is 4.74 Å². The number of nitrogens with zero attached hydrogens (tertiary/aromatic N) is 3. The number of hydrogen-bond acceptors (Lipinski definition) is 3. The summed E-state index contributed by atoms with van der Waals surface area (Å²) in [6.07, 6.45) is 0. The number of benzene rings is 1. The third-order valence-corrected chi connectivity index (χ3v) is 2.55. The summed E-state index contributed by atoms with van der Waals surface area (Å²) in [6, 6.07) is 7.35. The molecule has 0 unspecified atom stereocenters. The fourth-order valence-corrected chi connectivity index (χ4v) is 1.73.